The summed E-state index contributed by atoms with van der Waals surface area (Å²) in [7, 11) is 0. The third-order valence-electron chi connectivity index (χ3n) is 6.41. The van der Waals surface area contributed by atoms with Crippen molar-refractivity contribution in [3.05, 3.63) is 26.0 Å². The molecule has 0 aromatic carbocycles. The predicted molar refractivity (Wildman–Crippen MR) is 140 cm³/mol. The van der Waals surface area contributed by atoms with E-state index < -0.39 is 0 Å². The molecule has 0 saturated carbocycles. The van der Waals surface area contributed by atoms with Crippen LogP contribution in [0.5, 0.6) is 0 Å². The fourth-order valence-electron chi connectivity index (χ4n) is 4.30. The highest BCUT2D eigenvalue weighted by Crippen LogP contribution is 2.14. The van der Waals surface area contributed by atoms with E-state index in [1.165, 1.54) is 154 Å². The minimum absolute atomic E-state index is 1.12. The van der Waals surface area contributed by atoms with Crippen molar-refractivity contribution in [3.8, 4) is 0 Å². The second kappa shape index (κ2) is 28.7. The van der Waals surface area contributed by atoms with Crippen LogP contribution in [0.2, 0.25) is 0 Å². The molecule has 0 amide bonds. The summed E-state index contributed by atoms with van der Waals surface area (Å²) >= 11 is 0. The average Bonchev–Trinajstić information content (AvgIpc) is 2.76. The lowest BCUT2D eigenvalue weighted by atomic mass is 10.0. The third kappa shape index (κ3) is 27.7. The van der Waals surface area contributed by atoms with Gasteiger partial charge >= 0.3 is 0 Å². The van der Waals surface area contributed by atoms with E-state index in [0.29, 0.717) is 0 Å². The SMILES string of the molecule is [CH2]CCCCCCCCCCCCC=CCCCCCCCCCCCCCC[CH2]. The van der Waals surface area contributed by atoms with Crippen LogP contribution in [-0.2, 0) is 0 Å². The van der Waals surface area contributed by atoms with Gasteiger partial charge in [-0.3, -0.25) is 0 Å². The number of unbranched alkanes of at least 4 members (excludes halogenated alkanes) is 24. The van der Waals surface area contributed by atoms with Crippen molar-refractivity contribution in [2.75, 3.05) is 0 Å². The molecule has 0 aliphatic heterocycles. The van der Waals surface area contributed by atoms with Crippen LogP contribution in [0.4, 0.5) is 0 Å². The van der Waals surface area contributed by atoms with Gasteiger partial charge in [-0.25, -0.2) is 0 Å². The van der Waals surface area contributed by atoms with E-state index in [1.807, 2.05) is 0 Å². The molecule has 0 bridgehead atoms. The van der Waals surface area contributed by atoms with Crippen LogP contribution in [0.15, 0.2) is 12.2 Å². The zero-order valence-corrected chi connectivity index (χ0v) is 21.0. The highest BCUT2D eigenvalue weighted by molar-refractivity contribution is 4.81. The lowest BCUT2D eigenvalue weighted by Gasteiger charge is -2.02. The van der Waals surface area contributed by atoms with Crippen LogP contribution in [0.25, 0.3) is 0 Å². The van der Waals surface area contributed by atoms with Gasteiger partial charge in [0.1, 0.15) is 0 Å². The van der Waals surface area contributed by atoms with Crippen LogP contribution >= 0.6 is 0 Å². The Morgan fingerprint density at radius 2 is 0.467 bits per heavy atom. The number of rotatable bonds is 26. The monoisotopic (exact) mass is 418 g/mol. The fourth-order valence-corrected chi connectivity index (χ4v) is 4.30. The standard InChI is InChI=1S/C30H58/c1-3-5-7-9-11-13-15-17-19-21-23-25-27-29-30-28-26-24-22-20-18-16-14-12-10-8-6-4-2/h27,29H,1-26,28,30H2. The third-order valence-corrected chi connectivity index (χ3v) is 6.41. The molecule has 2 radical (unpaired) electrons. The lowest BCUT2D eigenvalue weighted by Crippen LogP contribution is -1.83. The molecule has 0 N–H and O–H groups in total. The van der Waals surface area contributed by atoms with Crippen LogP contribution in [-0.4, -0.2) is 0 Å². The Kier molecular flexibility index (Phi) is 28.5. The fraction of sp³-hybridized carbons (Fsp3) is 0.867. The smallest absolute Gasteiger partial charge is 0.0351 e. The first-order chi connectivity index (χ1) is 14.9. The highest BCUT2D eigenvalue weighted by Gasteiger charge is 1.94. The quantitative estimate of drug-likeness (QED) is 0.0967. The van der Waals surface area contributed by atoms with Gasteiger partial charge in [0.15, 0.2) is 0 Å². The molecule has 0 spiro atoms. The van der Waals surface area contributed by atoms with Gasteiger partial charge in [0.05, 0.1) is 0 Å². The summed E-state index contributed by atoms with van der Waals surface area (Å²) in [5.41, 5.74) is 0. The Bertz CT molecular complexity index is 303. The summed E-state index contributed by atoms with van der Waals surface area (Å²) in [4.78, 5) is 0. The van der Waals surface area contributed by atoms with E-state index in [4.69, 9.17) is 0 Å². The van der Waals surface area contributed by atoms with Gasteiger partial charge in [-0.2, -0.15) is 0 Å². The van der Waals surface area contributed by atoms with Gasteiger partial charge in [0, 0.05) is 0 Å². The summed E-state index contributed by atoms with van der Waals surface area (Å²) in [5.74, 6) is 0. The van der Waals surface area contributed by atoms with Gasteiger partial charge in [-0.15, -0.1) is 0 Å². The maximum absolute atomic E-state index is 3.91. The summed E-state index contributed by atoms with van der Waals surface area (Å²) in [6.45, 7) is 7.82. The molecule has 0 aromatic heterocycles. The molecule has 0 saturated heterocycles. The van der Waals surface area contributed by atoms with Crippen molar-refractivity contribution in [1.82, 2.24) is 0 Å². The predicted octanol–water partition coefficient (Wildman–Crippen LogP) is 11.4. The Morgan fingerprint density at radius 1 is 0.267 bits per heavy atom. The normalized spacial score (nSPS) is 11.7. The molecule has 0 rings (SSSR count). The van der Waals surface area contributed by atoms with E-state index in [0.717, 1.165) is 12.8 Å². The van der Waals surface area contributed by atoms with Crippen molar-refractivity contribution in [2.24, 2.45) is 0 Å². The Hall–Kier alpha value is -0.260. The Morgan fingerprint density at radius 3 is 0.700 bits per heavy atom. The van der Waals surface area contributed by atoms with E-state index >= 15 is 0 Å². The molecular weight excluding hydrogens is 360 g/mol. The minimum atomic E-state index is 1.12. The first kappa shape index (κ1) is 29.7. The maximum Gasteiger partial charge on any atom is -0.0351 e. The van der Waals surface area contributed by atoms with Gasteiger partial charge in [-0.05, 0) is 25.7 Å². The first-order valence-electron chi connectivity index (χ1n) is 14.1. The number of allylic oxidation sites excluding steroid dienone is 2. The molecule has 0 nitrogen and oxygen atoms in total. The Balaban J connectivity index is 3.06. The van der Waals surface area contributed by atoms with Crippen molar-refractivity contribution < 1.29 is 0 Å². The summed E-state index contributed by atoms with van der Waals surface area (Å²) < 4.78 is 0. The van der Waals surface area contributed by atoms with Gasteiger partial charge in [0.25, 0.3) is 0 Å². The molecule has 0 heteroatoms. The maximum atomic E-state index is 3.91. The van der Waals surface area contributed by atoms with Gasteiger partial charge < -0.3 is 0 Å². The molecule has 0 fully saturated rings. The second-order valence-electron chi connectivity index (χ2n) is 9.53. The van der Waals surface area contributed by atoms with E-state index in [2.05, 4.69) is 26.0 Å². The van der Waals surface area contributed by atoms with Crippen molar-refractivity contribution in [3.63, 3.8) is 0 Å². The second-order valence-corrected chi connectivity index (χ2v) is 9.53. The van der Waals surface area contributed by atoms with Crippen LogP contribution in [0, 0.1) is 13.8 Å². The zero-order chi connectivity index (χ0) is 21.8. The van der Waals surface area contributed by atoms with Crippen LogP contribution < -0.4 is 0 Å². The van der Waals surface area contributed by atoms with Crippen LogP contribution in [0.1, 0.15) is 167 Å². The molecule has 178 valence electrons. The molecule has 0 atom stereocenters. The topological polar surface area (TPSA) is 0 Å². The lowest BCUT2D eigenvalue weighted by molar-refractivity contribution is 0.542. The van der Waals surface area contributed by atoms with E-state index in [-0.39, 0.29) is 0 Å². The molecule has 0 aliphatic carbocycles. The summed E-state index contributed by atoms with van der Waals surface area (Å²) in [6, 6.07) is 0. The van der Waals surface area contributed by atoms with Crippen LogP contribution in [0.3, 0.4) is 0 Å². The summed E-state index contributed by atoms with van der Waals surface area (Å²) in [6.07, 6.45) is 41.2. The van der Waals surface area contributed by atoms with Gasteiger partial charge in [-0.1, -0.05) is 167 Å². The van der Waals surface area contributed by atoms with Crippen molar-refractivity contribution in [2.45, 2.75) is 167 Å². The van der Waals surface area contributed by atoms with Gasteiger partial charge in [0.2, 0.25) is 0 Å². The molecule has 0 aliphatic rings. The number of hydrogen-bond donors (Lipinski definition) is 0. The average molecular weight is 419 g/mol. The molecule has 0 heterocycles. The first-order valence-corrected chi connectivity index (χ1v) is 14.1. The van der Waals surface area contributed by atoms with Crippen molar-refractivity contribution >= 4 is 0 Å². The van der Waals surface area contributed by atoms with E-state index in [1.54, 1.807) is 0 Å². The largest absolute Gasteiger partial charge is 0.0885 e. The molecule has 0 aromatic rings. The highest BCUT2D eigenvalue weighted by atomic mass is 14.0. The molecule has 30 heavy (non-hydrogen) atoms. The van der Waals surface area contributed by atoms with E-state index in [9.17, 15) is 0 Å². The van der Waals surface area contributed by atoms with Crippen molar-refractivity contribution in [1.29, 1.82) is 0 Å². The number of hydrogen-bond acceptors (Lipinski definition) is 0. The minimum Gasteiger partial charge on any atom is -0.0885 e. The molecule has 0 unspecified atom stereocenters. The molecular formula is C30H58. The summed E-state index contributed by atoms with van der Waals surface area (Å²) in [5, 5.41) is 0. The zero-order valence-electron chi connectivity index (χ0n) is 21.0. The Labute approximate surface area is 193 Å².